The summed E-state index contributed by atoms with van der Waals surface area (Å²) in [5, 5.41) is 0. The number of fused-ring (bicyclic) bond motifs is 1. The minimum Gasteiger partial charge on any atom is -0.481 e. The molecule has 0 amide bonds. The van der Waals surface area contributed by atoms with Gasteiger partial charge in [-0.25, -0.2) is 4.98 Å². The van der Waals surface area contributed by atoms with Crippen LogP contribution < -0.4 is 4.74 Å². The molecule has 6 heteroatoms. The van der Waals surface area contributed by atoms with Gasteiger partial charge < -0.3 is 14.0 Å². The number of halogens is 1. The maximum atomic E-state index is 6.00. The number of ether oxygens (including phenoxy) is 2. The highest BCUT2D eigenvalue weighted by Crippen LogP contribution is 2.25. The standard InChI is InChI=1S/C13H18ClN3O2/c1-4-9(8-18-2)17-11(7-14)15-10-5-6-12(19-3)16-13(10)17/h5-6,9H,4,7-8H2,1-3H3. The molecule has 0 saturated carbocycles. The second kappa shape index (κ2) is 6.21. The molecule has 0 saturated heterocycles. The first-order chi connectivity index (χ1) is 9.24. The van der Waals surface area contributed by atoms with Crippen molar-refractivity contribution in [3.05, 3.63) is 18.0 Å². The van der Waals surface area contributed by atoms with Crippen LogP contribution in [0.1, 0.15) is 25.2 Å². The molecule has 5 nitrogen and oxygen atoms in total. The number of pyridine rings is 1. The zero-order valence-electron chi connectivity index (χ0n) is 11.4. The summed E-state index contributed by atoms with van der Waals surface area (Å²) in [5.74, 6) is 1.72. The maximum absolute atomic E-state index is 6.00. The molecule has 2 heterocycles. The highest BCUT2D eigenvalue weighted by molar-refractivity contribution is 6.16. The Balaban J connectivity index is 2.59. The third-order valence-electron chi connectivity index (χ3n) is 3.11. The van der Waals surface area contributed by atoms with Gasteiger partial charge in [-0.2, -0.15) is 4.98 Å². The molecule has 1 unspecified atom stereocenters. The van der Waals surface area contributed by atoms with Crippen molar-refractivity contribution in [1.29, 1.82) is 0 Å². The molecule has 0 aromatic carbocycles. The molecule has 1 atom stereocenters. The molecule has 2 aromatic heterocycles. The third-order valence-corrected chi connectivity index (χ3v) is 3.35. The molecule has 0 spiro atoms. The van der Waals surface area contributed by atoms with E-state index in [2.05, 4.69) is 16.9 Å². The summed E-state index contributed by atoms with van der Waals surface area (Å²) in [4.78, 5) is 8.99. The lowest BCUT2D eigenvalue weighted by Crippen LogP contribution is -2.16. The number of hydrogen-bond acceptors (Lipinski definition) is 4. The Morgan fingerprint density at radius 3 is 2.68 bits per heavy atom. The number of alkyl halides is 1. The Morgan fingerprint density at radius 2 is 2.11 bits per heavy atom. The van der Waals surface area contributed by atoms with E-state index >= 15 is 0 Å². The molecule has 2 aromatic rings. The number of imidazole rings is 1. The summed E-state index contributed by atoms with van der Waals surface area (Å²) in [6.07, 6.45) is 0.919. The van der Waals surface area contributed by atoms with Gasteiger partial charge in [-0.3, -0.25) is 0 Å². The van der Waals surface area contributed by atoms with E-state index in [0.29, 0.717) is 18.4 Å². The van der Waals surface area contributed by atoms with Crippen molar-refractivity contribution in [2.75, 3.05) is 20.8 Å². The Bertz CT molecular complexity index is 556. The van der Waals surface area contributed by atoms with Gasteiger partial charge in [0.25, 0.3) is 0 Å². The molecule has 0 aliphatic heterocycles. The van der Waals surface area contributed by atoms with Crippen molar-refractivity contribution in [3.8, 4) is 5.88 Å². The fourth-order valence-corrected chi connectivity index (χ4v) is 2.35. The first kappa shape index (κ1) is 14.1. The summed E-state index contributed by atoms with van der Waals surface area (Å²) in [6, 6.07) is 3.87. The molecular weight excluding hydrogens is 266 g/mol. The first-order valence-corrected chi connectivity index (χ1v) is 6.75. The van der Waals surface area contributed by atoms with Crippen molar-refractivity contribution in [2.24, 2.45) is 0 Å². The molecular formula is C13H18ClN3O2. The molecule has 0 aliphatic carbocycles. The van der Waals surface area contributed by atoms with Gasteiger partial charge in [-0.05, 0) is 12.5 Å². The predicted molar refractivity (Wildman–Crippen MR) is 74.8 cm³/mol. The van der Waals surface area contributed by atoms with E-state index in [9.17, 15) is 0 Å². The van der Waals surface area contributed by atoms with Crippen molar-refractivity contribution >= 4 is 22.8 Å². The molecule has 19 heavy (non-hydrogen) atoms. The fraction of sp³-hybridized carbons (Fsp3) is 0.538. The lowest BCUT2D eigenvalue weighted by atomic mass is 10.2. The van der Waals surface area contributed by atoms with E-state index < -0.39 is 0 Å². The van der Waals surface area contributed by atoms with Crippen LogP contribution in [0.5, 0.6) is 5.88 Å². The molecule has 0 bridgehead atoms. The summed E-state index contributed by atoms with van der Waals surface area (Å²) in [6.45, 7) is 2.71. The Labute approximate surface area is 117 Å². The van der Waals surface area contributed by atoms with Gasteiger partial charge in [-0.15, -0.1) is 11.6 Å². The third kappa shape index (κ3) is 2.67. The number of methoxy groups -OCH3 is 2. The van der Waals surface area contributed by atoms with Gasteiger partial charge >= 0.3 is 0 Å². The maximum Gasteiger partial charge on any atom is 0.215 e. The zero-order valence-corrected chi connectivity index (χ0v) is 12.1. The van der Waals surface area contributed by atoms with Gasteiger partial charge in [0, 0.05) is 13.2 Å². The van der Waals surface area contributed by atoms with Crippen LogP contribution >= 0.6 is 11.6 Å². The molecule has 0 radical (unpaired) electrons. The number of nitrogens with zero attached hydrogens (tertiary/aromatic N) is 3. The van der Waals surface area contributed by atoms with Crippen LogP contribution in [0.2, 0.25) is 0 Å². The normalized spacial score (nSPS) is 12.8. The summed E-state index contributed by atoms with van der Waals surface area (Å²) in [5.41, 5.74) is 1.62. The SMILES string of the molecule is CCC(COC)n1c(CCl)nc2ccc(OC)nc21. The Hall–Kier alpha value is -1.33. The highest BCUT2D eigenvalue weighted by Gasteiger charge is 2.19. The van der Waals surface area contributed by atoms with Gasteiger partial charge in [0.05, 0.1) is 25.6 Å². The topological polar surface area (TPSA) is 49.2 Å². The van der Waals surface area contributed by atoms with Crippen LogP contribution in [0.25, 0.3) is 11.2 Å². The molecule has 2 rings (SSSR count). The van der Waals surface area contributed by atoms with Gasteiger partial charge in [0.1, 0.15) is 11.3 Å². The molecule has 0 fully saturated rings. The molecule has 0 N–H and O–H groups in total. The second-order valence-electron chi connectivity index (χ2n) is 4.25. The molecule has 0 aliphatic rings. The van der Waals surface area contributed by atoms with Crippen LogP contribution in [0.15, 0.2) is 12.1 Å². The Morgan fingerprint density at radius 1 is 1.32 bits per heavy atom. The average Bonchev–Trinajstić information content (AvgIpc) is 2.82. The van der Waals surface area contributed by atoms with Crippen LogP contribution in [-0.2, 0) is 10.6 Å². The minimum absolute atomic E-state index is 0.170. The van der Waals surface area contributed by atoms with Crippen LogP contribution in [0, 0.1) is 0 Å². The monoisotopic (exact) mass is 283 g/mol. The predicted octanol–water partition coefficient (Wildman–Crippen LogP) is 2.78. The number of aromatic nitrogens is 3. The molecule has 104 valence electrons. The lowest BCUT2D eigenvalue weighted by Gasteiger charge is -2.18. The van der Waals surface area contributed by atoms with Crippen LogP contribution in [0.3, 0.4) is 0 Å². The number of rotatable bonds is 6. The smallest absolute Gasteiger partial charge is 0.215 e. The van der Waals surface area contributed by atoms with Crippen molar-refractivity contribution in [1.82, 2.24) is 14.5 Å². The van der Waals surface area contributed by atoms with Crippen LogP contribution in [0.4, 0.5) is 0 Å². The fourth-order valence-electron chi connectivity index (χ4n) is 2.16. The highest BCUT2D eigenvalue weighted by atomic mass is 35.5. The van der Waals surface area contributed by atoms with Crippen molar-refractivity contribution in [2.45, 2.75) is 25.3 Å². The van der Waals surface area contributed by atoms with E-state index in [1.165, 1.54) is 0 Å². The van der Waals surface area contributed by atoms with Gasteiger partial charge in [-0.1, -0.05) is 6.92 Å². The second-order valence-corrected chi connectivity index (χ2v) is 4.51. The van der Waals surface area contributed by atoms with Gasteiger partial charge in [0.15, 0.2) is 5.65 Å². The quantitative estimate of drug-likeness (QED) is 0.765. The van der Waals surface area contributed by atoms with Crippen LogP contribution in [-0.4, -0.2) is 35.4 Å². The van der Waals surface area contributed by atoms with E-state index in [-0.39, 0.29) is 6.04 Å². The minimum atomic E-state index is 0.170. The van der Waals surface area contributed by atoms with E-state index in [1.807, 2.05) is 10.6 Å². The number of hydrogen-bond donors (Lipinski definition) is 0. The average molecular weight is 284 g/mol. The van der Waals surface area contributed by atoms with E-state index in [0.717, 1.165) is 23.4 Å². The largest absolute Gasteiger partial charge is 0.481 e. The Kier molecular flexibility index (Phi) is 4.61. The van der Waals surface area contributed by atoms with E-state index in [4.69, 9.17) is 21.1 Å². The first-order valence-electron chi connectivity index (χ1n) is 6.21. The van der Waals surface area contributed by atoms with Crippen molar-refractivity contribution in [3.63, 3.8) is 0 Å². The summed E-state index contributed by atoms with van der Waals surface area (Å²) in [7, 11) is 3.29. The lowest BCUT2D eigenvalue weighted by molar-refractivity contribution is 0.153. The van der Waals surface area contributed by atoms with Gasteiger partial charge in [0.2, 0.25) is 5.88 Å². The van der Waals surface area contributed by atoms with E-state index in [1.54, 1.807) is 20.3 Å². The summed E-state index contributed by atoms with van der Waals surface area (Å²) >= 11 is 6.00. The van der Waals surface area contributed by atoms with Crippen molar-refractivity contribution < 1.29 is 9.47 Å². The zero-order chi connectivity index (χ0) is 13.8. The summed E-state index contributed by atoms with van der Waals surface area (Å²) < 4.78 is 12.5.